The summed E-state index contributed by atoms with van der Waals surface area (Å²) in [4.78, 5) is 26.3. The van der Waals surface area contributed by atoms with E-state index in [0.29, 0.717) is 25.3 Å². The van der Waals surface area contributed by atoms with Crippen LogP contribution in [0.1, 0.15) is 30.2 Å². The lowest BCUT2D eigenvalue weighted by Gasteiger charge is -2.16. The molecule has 0 saturated carbocycles. The molecular formula is C22H22N4O4. The molecule has 0 radical (unpaired) electrons. The van der Waals surface area contributed by atoms with Gasteiger partial charge in [0.05, 0.1) is 13.0 Å². The Labute approximate surface area is 173 Å². The zero-order chi connectivity index (χ0) is 20.9. The van der Waals surface area contributed by atoms with E-state index in [1.54, 1.807) is 12.0 Å². The maximum atomic E-state index is 12.5. The monoisotopic (exact) mass is 406 g/mol. The Kier molecular flexibility index (Phi) is 5.74. The van der Waals surface area contributed by atoms with E-state index >= 15 is 0 Å². The smallest absolute Gasteiger partial charge is 0.322 e. The lowest BCUT2D eigenvalue weighted by Crippen LogP contribution is -2.24. The molecule has 1 aliphatic rings. The maximum Gasteiger partial charge on any atom is 0.322 e. The number of ether oxygens (including phenoxy) is 1. The second-order valence-corrected chi connectivity index (χ2v) is 7.08. The van der Waals surface area contributed by atoms with Gasteiger partial charge in [0.2, 0.25) is 17.7 Å². The molecule has 1 N–H and O–H groups in total. The number of rotatable bonds is 7. The van der Waals surface area contributed by atoms with Crippen LogP contribution < -0.4 is 15.0 Å². The van der Waals surface area contributed by atoms with Crippen LogP contribution in [0.5, 0.6) is 5.75 Å². The summed E-state index contributed by atoms with van der Waals surface area (Å²) < 4.78 is 10.8. The molecule has 3 aromatic rings. The Hall–Kier alpha value is -3.68. The van der Waals surface area contributed by atoms with E-state index in [0.717, 1.165) is 17.0 Å². The SMILES string of the molecule is COc1ccc(N2CC(c3nnc(NC(=O)CCc4ccccc4)o3)CC2=O)cc1. The Morgan fingerprint density at radius 2 is 1.93 bits per heavy atom. The van der Waals surface area contributed by atoms with Gasteiger partial charge in [-0.25, -0.2) is 0 Å². The molecule has 1 fully saturated rings. The first kappa shape index (κ1) is 19.6. The second-order valence-electron chi connectivity index (χ2n) is 7.08. The van der Waals surface area contributed by atoms with E-state index in [4.69, 9.17) is 9.15 Å². The van der Waals surface area contributed by atoms with Gasteiger partial charge in [-0.2, -0.15) is 0 Å². The number of hydrogen-bond donors (Lipinski definition) is 1. The van der Waals surface area contributed by atoms with Gasteiger partial charge in [0.1, 0.15) is 5.75 Å². The van der Waals surface area contributed by atoms with Gasteiger partial charge in [0, 0.05) is 25.1 Å². The number of aryl methyl sites for hydroxylation is 1. The van der Waals surface area contributed by atoms with E-state index in [2.05, 4.69) is 15.5 Å². The Morgan fingerprint density at radius 3 is 2.67 bits per heavy atom. The molecule has 30 heavy (non-hydrogen) atoms. The summed E-state index contributed by atoms with van der Waals surface area (Å²) >= 11 is 0. The number of nitrogens with one attached hydrogen (secondary N) is 1. The highest BCUT2D eigenvalue weighted by Crippen LogP contribution is 2.32. The van der Waals surface area contributed by atoms with Gasteiger partial charge in [0.25, 0.3) is 0 Å². The van der Waals surface area contributed by atoms with Crippen molar-refractivity contribution in [2.24, 2.45) is 0 Å². The minimum Gasteiger partial charge on any atom is -0.497 e. The predicted octanol–water partition coefficient (Wildman–Crippen LogP) is 3.17. The number of aromatic nitrogens is 2. The summed E-state index contributed by atoms with van der Waals surface area (Å²) in [5.74, 6) is 0.638. The third-order valence-corrected chi connectivity index (χ3v) is 5.03. The van der Waals surface area contributed by atoms with Crippen molar-refractivity contribution in [2.45, 2.75) is 25.2 Å². The quantitative estimate of drug-likeness (QED) is 0.647. The molecule has 0 spiro atoms. The van der Waals surface area contributed by atoms with Crippen molar-refractivity contribution in [1.29, 1.82) is 0 Å². The summed E-state index contributed by atoms with van der Waals surface area (Å²) in [6, 6.07) is 17.1. The number of carbonyl (C=O) groups excluding carboxylic acids is 2. The fourth-order valence-electron chi connectivity index (χ4n) is 3.42. The Morgan fingerprint density at radius 1 is 1.17 bits per heavy atom. The van der Waals surface area contributed by atoms with Crippen LogP contribution >= 0.6 is 0 Å². The zero-order valence-corrected chi connectivity index (χ0v) is 16.6. The number of methoxy groups -OCH3 is 1. The number of benzene rings is 2. The molecule has 2 amide bonds. The predicted molar refractivity (Wildman–Crippen MR) is 110 cm³/mol. The highest BCUT2D eigenvalue weighted by molar-refractivity contribution is 5.96. The molecule has 1 aliphatic heterocycles. The average Bonchev–Trinajstić information content (AvgIpc) is 3.39. The first-order chi connectivity index (χ1) is 14.6. The summed E-state index contributed by atoms with van der Waals surface area (Å²) in [6.45, 7) is 0.439. The molecule has 1 atom stereocenters. The molecular weight excluding hydrogens is 384 g/mol. The number of hydrogen-bond acceptors (Lipinski definition) is 6. The van der Waals surface area contributed by atoms with Crippen molar-refractivity contribution in [3.05, 3.63) is 66.1 Å². The zero-order valence-electron chi connectivity index (χ0n) is 16.6. The standard InChI is InChI=1S/C22H22N4O4/c1-29-18-10-8-17(9-11-18)26-14-16(13-20(26)28)21-24-25-22(30-21)23-19(27)12-7-15-5-3-2-4-6-15/h2-6,8-11,16H,7,12-14H2,1H3,(H,23,25,27). The third kappa shape index (κ3) is 4.48. The van der Waals surface area contributed by atoms with E-state index in [1.807, 2.05) is 54.6 Å². The van der Waals surface area contributed by atoms with E-state index < -0.39 is 0 Å². The van der Waals surface area contributed by atoms with Crippen molar-refractivity contribution in [1.82, 2.24) is 10.2 Å². The van der Waals surface area contributed by atoms with Crippen LogP contribution in [-0.2, 0) is 16.0 Å². The molecule has 154 valence electrons. The Balaban J connectivity index is 1.34. The minimum absolute atomic E-state index is 0.0168. The molecule has 1 aromatic heterocycles. The molecule has 1 unspecified atom stereocenters. The summed E-state index contributed by atoms with van der Waals surface area (Å²) in [6.07, 6.45) is 1.21. The fourth-order valence-corrected chi connectivity index (χ4v) is 3.42. The van der Waals surface area contributed by atoms with Crippen LogP contribution in [0.3, 0.4) is 0 Å². The first-order valence-corrected chi connectivity index (χ1v) is 9.74. The van der Waals surface area contributed by atoms with Gasteiger partial charge >= 0.3 is 6.01 Å². The van der Waals surface area contributed by atoms with Gasteiger partial charge in [-0.3, -0.25) is 14.9 Å². The van der Waals surface area contributed by atoms with Crippen LogP contribution in [0.25, 0.3) is 0 Å². The number of nitrogens with zero attached hydrogens (tertiary/aromatic N) is 3. The maximum absolute atomic E-state index is 12.5. The van der Waals surface area contributed by atoms with Crippen LogP contribution in [0, 0.1) is 0 Å². The largest absolute Gasteiger partial charge is 0.497 e. The number of amides is 2. The molecule has 8 heteroatoms. The highest BCUT2D eigenvalue weighted by Gasteiger charge is 2.35. The third-order valence-electron chi connectivity index (χ3n) is 5.03. The highest BCUT2D eigenvalue weighted by atomic mass is 16.5. The lowest BCUT2D eigenvalue weighted by molar-refractivity contribution is -0.117. The topological polar surface area (TPSA) is 97.6 Å². The van der Waals surface area contributed by atoms with Gasteiger partial charge in [-0.05, 0) is 36.2 Å². The Bertz CT molecular complexity index is 1020. The van der Waals surface area contributed by atoms with Crippen molar-refractivity contribution in [2.75, 3.05) is 23.9 Å². The van der Waals surface area contributed by atoms with Crippen LogP contribution in [-0.4, -0.2) is 35.7 Å². The van der Waals surface area contributed by atoms with Gasteiger partial charge in [-0.15, -0.1) is 5.10 Å². The molecule has 2 heterocycles. The summed E-state index contributed by atoms with van der Waals surface area (Å²) in [5, 5.41) is 10.6. The van der Waals surface area contributed by atoms with Crippen LogP contribution in [0.4, 0.5) is 11.7 Å². The molecule has 4 rings (SSSR count). The lowest BCUT2D eigenvalue weighted by atomic mass is 10.1. The van der Waals surface area contributed by atoms with E-state index in [-0.39, 0.29) is 30.2 Å². The molecule has 8 nitrogen and oxygen atoms in total. The molecule has 2 aromatic carbocycles. The number of anilines is 2. The summed E-state index contributed by atoms with van der Waals surface area (Å²) in [7, 11) is 1.60. The van der Waals surface area contributed by atoms with Crippen molar-refractivity contribution < 1.29 is 18.7 Å². The number of carbonyl (C=O) groups is 2. The molecule has 0 aliphatic carbocycles. The van der Waals surface area contributed by atoms with Gasteiger partial charge in [0.15, 0.2) is 0 Å². The summed E-state index contributed by atoms with van der Waals surface area (Å²) in [5.41, 5.74) is 1.87. The van der Waals surface area contributed by atoms with Gasteiger partial charge < -0.3 is 14.1 Å². The molecule has 0 bridgehead atoms. The average molecular weight is 406 g/mol. The minimum atomic E-state index is -0.220. The van der Waals surface area contributed by atoms with Crippen molar-refractivity contribution >= 4 is 23.5 Å². The fraction of sp³-hybridized carbons (Fsp3) is 0.273. The van der Waals surface area contributed by atoms with Crippen LogP contribution in [0.2, 0.25) is 0 Å². The van der Waals surface area contributed by atoms with Crippen LogP contribution in [0.15, 0.2) is 59.0 Å². The molecule has 1 saturated heterocycles. The van der Waals surface area contributed by atoms with Crippen molar-refractivity contribution in [3.63, 3.8) is 0 Å². The van der Waals surface area contributed by atoms with Gasteiger partial charge in [-0.1, -0.05) is 35.4 Å². The van der Waals surface area contributed by atoms with E-state index in [1.165, 1.54) is 0 Å². The normalized spacial score (nSPS) is 16.0. The van der Waals surface area contributed by atoms with Crippen molar-refractivity contribution in [3.8, 4) is 5.75 Å². The van der Waals surface area contributed by atoms with E-state index in [9.17, 15) is 9.59 Å². The second kappa shape index (κ2) is 8.77. The first-order valence-electron chi connectivity index (χ1n) is 9.74.